The number of nitrogens with zero attached hydrogens (tertiary/aromatic N) is 3. The standard InChI is InChI=1S/C29H41N2.C24H20NS.Au/c1-20(2)17-24-11-9-13-26(22(5)6)28(24)30-15-16-31(19-30)29-25(18-21(3)4)12-10-14-27(29)23(7)8;1-3-24(4-2)19-10-6-5-9-17(19)18-14-13-16(15-20(18)24)23-25-21-11-7-8-12-22(21)26-23;/h9-16,19-23H,17-18H2,1-8H3;5,7-15H,3-4H2,1-2H3;/q2*-1;. The predicted octanol–water partition coefficient (Wildman–Crippen LogP) is 15.1. The molecule has 0 saturated heterocycles. The van der Waals surface area contributed by atoms with E-state index < -0.39 is 0 Å². The van der Waals surface area contributed by atoms with Crippen LogP contribution in [0.1, 0.15) is 127 Å². The van der Waals surface area contributed by atoms with Gasteiger partial charge in [0.25, 0.3) is 0 Å². The molecule has 0 unspecified atom stereocenters. The van der Waals surface area contributed by atoms with Crippen LogP contribution in [-0.4, -0.2) is 4.98 Å². The molecule has 0 amide bonds. The first-order chi connectivity index (χ1) is 27.4. The Morgan fingerprint density at radius 2 is 1.24 bits per heavy atom. The molecule has 5 heteroatoms. The van der Waals surface area contributed by atoms with E-state index in [0.29, 0.717) is 23.7 Å². The second-order valence-corrected chi connectivity index (χ2v) is 18.5. The molecule has 0 atom stereocenters. The summed E-state index contributed by atoms with van der Waals surface area (Å²) in [5.74, 6) is 2.22. The van der Waals surface area contributed by atoms with Crippen LogP contribution in [0.15, 0.2) is 109 Å². The van der Waals surface area contributed by atoms with Gasteiger partial charge in [-0.2, -0.15) is 24.3 Å². The Morgan fingerprint density at radius 3 is 1.78 bits per heavy atom. The predicted molar refractivity (Wildman–Crippen MR) is 247 cm³/mol. The minimum atomic E-state index is 0. The van der Waals surface area contributed by atoms with Crippen LogP contribution < -0.4 is 9.80 Å². The molecule has 1 aliphatic carbocycles. The number of aromatic nitrogens is 1. The summed E-state index contributed by atoms with van der Waals surface area (Å²) in [6, 6.07) is 38.7. The summed E-state index contributed by atoms with van der Waals surface area (Å²) in [6.07, 6.45) is 8.86. The quantitative estimate of drug-likeness (QED) is 0.0953. The summed E-state index contributed by atoms with van der Waals surface area (Å²) in [4.78, 5) is 9.57. The second kappa shape index (κ2) is 18.6. The Balaban J connectivity index is 0.000000194. The van der Waals surface area contributed by atoms with Crippen molar-refractivity contribution in [2.24, 2.45) is 11.8 Å². The van der Waals surface area contributed by atoms with Crippen molar-refractivity contribution < 1.29 is 22.4 Å². The van der Waals surface area contributed by atoms with Crippen LogP contribution >= 0.6 is 11.3 Å². The summed E-state index contributed by atoms with van der Waals surface area (Å²) in [6.45, 7) is 25.3. The Morgan fingerprint density at radius 1 is 0.672 bits per heavy atom. The molecule has 307 valence electrons. The van der Waals surface area contributed by atoms with Crippen molar-refractivity contribution in [1.82, 2.24) is 4.98 Å². The molecule has 1 radical (unpaired) electrons. The average Bonchev–Trinajstić information content (AvgIpc) is 3.92. The van der Waals surface area contributed by atoms with E-state index in [4.69, 9.17) is 4.98 Å². The molecule has 2 aliphatic rings. The van der Waals surface area contributed by atoms with E-state index in [1.165, 1.54) is 66.1 Å². The molecule has 0 fully saturated rings. The van der Waals surface area contributed by atoms with Gasteiger partial charge in [0, 0.05) is 39.3 Å². The zero-order chi connectivity index (χ0) is 40.4. The number of thiazole rings is 1. The molecule has 6 aromatic rings. The molecule has 8 rings (SSSR count). The maximum absolute atomic E-state index is 4.87. The summed E-state index contributed by atoms with van der Waals surface area (Å²) >= 11 is 1.78. The number of rotatable bonds is 11. The summed E-state index contributed by atoms with van der Waals surface area (Å²) < 4.78 is 1.25. The minimum Gasteiger partial charge on any atom is -0.479 e. The van der Waals surface area contributed by atoms with Gasteiger partial charge in [-0.05, 0) is 106 Å². The molecular weight excluding hydrogens is 908 g/mol. The van der Waals surface area contributed by atoms with Crippen molar-refractivity contribution in [3.63, 3.8) is 0 Å². The van der Waals surface area contributed by atoms with E-state index >= 15 is 0 Å². The van der Waals surface area contributed by atoms with Gasteiger partial charge in [-0.15, -0.1) is 29.1 Å². The molecule has 1 aliphatic heterocycles. The van der Waals surface area contributed by atoms with E-state index in [1.54, 1.807) is 11.3 Å². The van der Waals surface area contributed by atoms with E-state index in [-0.39, 0.29) is 27.8 Å². The third kappa shape index (κ3) is 8.54. The van der Waals surface area contributed by atoms with Gasteiger partial charge < -0.3 is 9.80 Å². The molecule has 0 N–H and O–H groups in total. The molecule has 0 spiro atoms. The van der Waals surface area contributed by atoms with Crippen molar-refractivity contribution in [3.05, 3.63) is 156 Å². The second-order valence-electron chi connectivity index (χ2n) is 17.5. The van der Waals surface area contributed by atoms with Crippen LogP contribution in [0.2, 0.25) is 0 Å². The minimum absolute atomic E-state index is 0. The normalized spacial score (nSPS) is 14.0. The Hall–Kier alpha value is -3.93. The molecule has 1 aromatic heterocycles. The number of benzene rings is 5. The fraction of sp³-hybridized carbons (Fsp3) is 0.358. The van der Waals surface area contributed by atoms with Crippen LogP contribution in [0.3, 0.4) is 0 Å². The first-order valence-electron chi connectivity index (χ1n) is 21.3. The van der Waals surface area contributed by atoms with Gasteiger partial charge in [-0.3, -0.25) is 0 Å². The number of hydrogen-bond donors (Lipinski definition) is 0. The Bertz CT molecular complexity index is 2260. The first kappa shape index (κ1) is 43.6. The third-order valence-corrected chi connectivity index (χ3v) is 13.0. The first-order valence-corrected chi connectivity index (χ1v) is 22.1. The van der Waals surface area contributed by atoms with Crippen LogP contribution in [0.25, 0.3) is 31.9 Å². The third-order valence-electron chi connectivity index (χ3n) is 11.9. The molecule has 2 heterocycles. The van der Waals surface area contributed by atoms with E-state index in [0.717, 1.165) is 36.2 Å². The van der Waals surface area contributed by atoms with Crippen LogP contribution in [0.5, 0.6) is 0 Å². The number of fused-ring (bicyclic) bond motifs is 4. The topological polar surface area (TPSA) is 19.4 Å². The van der Waals surface area contributed by atoms with Crippen molar-refractivity contribution in [1.29, 1.82) is 0 Å². The van der Waals surface area contributed by atoms with Crippen LogP contribution in [-0.2, 0) is 40.6 Å². The smallest absolute Gasteiger partial charge is 0.124 e. The van der Waals surface area contributed by atoms with Gasteiger partial charge in [-0.25, -0.2) is 4.98 Å². The molecule has 3 nitrogen and oxygen atoms in total. The number of hydrogen-bond acceptors (Lipinski definition) is 4. The fourth-order valence-electron chi connectivity index (χ4n) is 9.13. The van der Waals surface area contributed by atoms with E-state index in [9.17, 15) is 0 Å². The molecule has 58 heavy (non-hydrogen) atoms. The SMILES string of the molecule is CC(C)Cc1cccc(C(C)C)c1N1C=CN(c2c(CC(C)C)cccc2C(C)C)[CH-]1.CCC1(CC)c2c[c-]ccc2-c2ccc(-c3nc4ccccc4s3)cc21.[Au]. The summed E-state index contributed by atoms with van der Waals surface area (Å²) in [5.41, 5.74) is 16.5. The number of anilines is 2. The van der Waals surface area contributed by atoms with Gasteiger partial charge in [0.05, 0.1) is 10.2 Å². The zero-order valence-corrected chi connectivity index (χ0v) is 39.1. The van der Waals surface area contributed by atoms with Gasteiger partial charge in [0.15, 0.2) is 0 Å². The average molecular weight is 969 g/mol. The van der Waals surface area contributed by atoms with Crippen molar-refractivity contribution in [2.75, 3.05) is 9.80 Å². The Labute approximate surface area is 369 Å². The molecule has 0 bridgehead atoms. The molecule has 0 saturated carbocycles. The van der Waals surface area contributed by atoms with Crippen molar-refractivity contribution in [2.45, 2.75) is 112 Å². The van der Waals surface area contributed by atoms with Crippen molar-refractivity contribution in [3.8, 4) is 21.7 Å². The van der Waals surface area contributed by atoms with Gasteiger partial charge in [0.1, 0.15) is 5.01 Å². The summed E-state index contributed by atoms with van der Waals surface area (Å²) in [5, 5.41) is 1.11. The maximum atomic E-state index is 4.87. The largest absolute Gasteiger partial charge is 0.479 e. The van der Waals surface area contributed by atoms with Gasteiger partial charge >= 0.3 is 0 Å². The number of para-hydroxylation sites is 3. The van der Waals surface area contributed by atoms with Gasteiger partial charge in [0.2, 0.25) is 0 Å². The van der Waals surface area contributed by atoms with E-state index in [1.807, 2.05) is 6.07 Å². The Kier molecular flexibility index (Phi) is 14.0. The zero-order valence-electron chi connectivity index (χ0n) is 36.2. The fourth-order valence-corrected chi connectivity index (χ4v) is 10.1. The molecule has 5 aromatic carbocycles. The van der Waals surface area contributed by atoms with E-state index in [2.05, 4.69) is 195 Å². The van der Waals surface area contributed by atoms with Gasteiger partial charge in [-0.1, -0.05) is 143 Å². The van der Waals surface area contributed by atoms with Crippen LogP contribution in [0, 0.1) is 24.6 Å². The van der Waals surface area contributed by atoms with Crippen molar-refractivity contribution >= 4 is 32.9 Å². The maximum Gasteiger partial charge on any atom is 0.124 e. The monoisotopic (exact) mass is 968 g/mol. The molecular formula is C53H61AuN3S-2. The summed E-state index contributed by atoms with van der Waals surface area (Å²) in [7, 11) is 0. The van der Waals surface area contributed by atoms with Crippen LogP contribution in [0.4, 0.5) is 11.4 Å².